The molecule has 0 spiro atoms. The summed E-state index contributed by atoms with van der Waals surface area (Å²) in [7, 11) is 1.44. The van der Waals surface area contributed by atoms with Gasteiger partial charge < -0.3 is 30.1 Å². The molecule has 1 heterocycles. The molecule has 0 saturated carbocycles. The van der Waals surface area contributed by atoms with E-state index in [-0.39, 0.29) is 44.4 Å². The molecule has 1 saturated heterocycles. The molecule has 10 nitrogen and oxygen atoms in total. The molecule has 4 aromatic rings. The summed E-state index contributed by atoms with van der Waals surface area (Å²) >= 11 is 6.19. The Labute approximate surface area is 314 Å². The molecule has 1 fully saturated rings. The Kier molecular flexibility index (Phi) is 12.1. The van der Waals surface area contributed by atoms with Crippen LogP contribution in [0.3, 0.4) is 0 Å². The monoisotopic (exact) mass is 737 g/mol. The first-order valence-corrected chi connectivity index (χ1v) is 18.2. The van der Waals surface area contributed by atoms with Crippen LogP contribution < -0.4 is 10.6 Å². The second-order valence-corrected chi connectivity index (χ2v) is 14.3. The largest absolute Gasteiger partial charge is 0.481 e. The zero-order chi connectivity index (χ0) is 37.4. The third-order valence-electron chi connectivity index (χ3n) is 10.1. The number of rotatable bonds is 14. The fourth-order valence-corrected chi connectivity index (χ4v) is 7.82. The molecule has 0 bridgehead atoms. The number of likely N-dealkylation sites (tertiary alicyclic amines) is 1. The minimum Gasteiger partial charge on any atom is -0.481 e. The highest BCUT2D eigenvalue weighted by molar-refractivity contribution is 6.30. The molecule has 3 amide bonds. The van der Waals surface area contributed by atoms with Crippen molar-refractivity contribution in [3.8, 4) is 11.1 Å². The van der Waals surface area contributed by atoms with Crippen molar-refractivity contribution in [2.75, 3.05) is 33.4 Å². The van der Waals surface area contributed by atoms with Gasteiger partial charge in [0, 0.05) is 31.1 Å². The molecular formula is C42H44ClN3O7. The number of fused-ring (bicyclic) bond motifs is 3. The van der Waals surface area contributed by atoms with Gasteiger partial charge in [-0.2, -0.15) is 0 Å². The summed E-state index contributed by atoms with van der Waals surface area (Å²) in [6.45, 7) is 0.532. The van der Waals surface area contributed by atoms with Gasteiger partial charge in [0.05, 0.1) is 24.5 Å². The molecule has 53 heavy (non-hydrogen) atoms. The fraction of sp³-hybridized carbons (Fsp3) is 0.333. The lowest BCUT2D eigenvalue weighted by molar-refractivity contribution is -0.146. The zero-order valence-electron chi connectivity index (χ0n) is 29.6. The predicted molar refractivity (Wildman–Crippen MR) is 202 cm³/mol. The predicted octanol–water partition coefficient (Wildman–Crippen LogP) is 6.25. The van der Waals surface area contributed by atoms with Crippen molar-refractivity contribution in [1.82, 2.24) is 15.5 Å². The summed E-state index contributed by atoms with van der Waals surface area (Å²) in [5, 5.41) is 16.2. The minimum absolute atomic E-state index is 0.0826. The van der Waals surface area contributed by atoms with E-state index >= 15 is 0 Å². The van der Waals surface area contributed by atoms with Crippen LogP contribution in [0.25, 0.3) is 11.1 Å². The number of methoxy groups -OCH3 is 1. The van der Waals surface area contributed by atoms with E-state index in [1.54, 1.807) is 17.0 Å². The van der Waals surface area contributed by atoms with Gasteiger partial charge in [-0.05, 0) is 71.2 Å². The van der Waals surface area contributed by atoms with E-state index in [0.717, 1.165) is 33.4 Å². The molecule has 0 radical (unpaired) electrons. The van der Waals surface area contributed by atoms with Crippen LogP contribution in [0, 0.1) is 5.92 Å². The summed E-state index contributed by atoms with van der Waals surface area (Å²) < 4.78 is 11.1. The van der Waals surface area contributed by atoms with Gasteiger partial charge in [0.15, 0.2) is 0 Å². The number of hydrogen-bond acceptors (Lipinski definition) is 6. The Morgan fingerprint density at radius 1 is 0.887 bits per heavy atom. The first-order valence-electron chi connectivity index (χ1n) is 17.9. The van der Waals surface area contributed by atoms with Crippen molar-refractivity contribution < 1.29 is 33.8 Å². The molecule has 2 aliphatic rings. The highest BCUT2D eigenvalue weighted by Gasteiger charge is 2.42. The molecule has 1 aliphatic heterocycles. The summed E-state index contributed by atoms with van der Waals surface area (Å²) in [5.74, 6) is -2.76. The van der Waals surface area contributed by atoms with E-state index in [1.807, 2.05) is 78.9 Å². The number of alkyl carbamates (subject to hydrolysis) is 1. The van der Waals surface area contributed by atoms with Crippen LogP contribution in [0.15, 0.2) is 103 Å². The SMILES string of the molecule is COC[C@H](NC(=O)OCC1c2ccccc2-c2ccccc21)C(=O)N[C@@]1(Cc2ccc(Cl)cc2)CCCN(C(=O)[C@@H](CC(=O)O)Cc2ccccc2)C1. The number of nitrogens with one attached hydrogen (secondary N) is 2. The first kappa shape index (κ1) is 37.6. The van der Waals surface area contributed by atoms with Crippen molar-refractivity contribution in [3.63, 3.8) is 0 Å². The van der Waals surface area contributed by atoms with Crippen LogP contribution in [0.1, 0.15) is 47.4 Å². The highest BCUT2D eigenvalue weighted by atomic mass is 35.5. The number of halogens is 1. The Bertz CT molecular complexity index is 1880. The number of nitrogens with zero attached hydrogens (tertiary/aromatic N) is 1. The third-order valence-corrected chi connectivity index (χ3v) is 10.4. The quantitative estimate of drug-likeness (QED) is 0.139. The Morgan fingerprint density at radius 2 is 1.53 bits per heavy atom. The second kappa shape index (κ2) is 17.1. The van der Waals surface area contributed by atoms with Crippen LogP contribution >= 0.6 is 11.6 Å². The molecule has 3 atom stereocenters. The lowest BCUT2D eigenvalue weighted by Crippen LogP contribution is -2.64. The number of carbonyl (C=O) groups excluding carboxylic acids is 3. The van der Waals surface area contributed by atoms with Crippen molar-refractivity contribution >= 4 is 35.5 Å². The number of benzene rings is 4. The Balaban J connectivity index is 1.18. The Morgan fingerprint density at radius 3 is 2.17 bits per heavy atom. The van der Waals surface area contributed by atoms with Gasteiger partial charge in [-0.1, -0.05) is 103 Å². The number of hydrogen-bond donors (Lipinski definition) is 3. The van der Waals surface area contributed by atoms with E-state index < -0.39 is 35.5 Å². The van der Waals surface area contributed by atoms with E-state index in [9.17, 15) is 24.3 Å². The molecule has 6 rings (SSSR count). The van der Waals surface area contributed by atoms with E-state index in [2.05, 4.69) is 22.8 Å². The summed E-state index contributed by atoms with van der Waals surface area (Å²) in [6, 6.07) is 31.6. The van der Waals surface area contributed by atoms with Crippen LogP contribution in [0.5, 0.6) is 0 Å². The molecule has 0 aromatic heterocycles. The van der Waals surface area contributed by atoms with Gasteiger partial charge in [0.25, 0.3) is 0 Å². The van der Waals surface area contributed by atoms with E-state index in [1.165, 1.54) is 7.11 Å². The Hall–Kier alpha value is -5.19. The van der Waals surface area contributed by atoms with Gasteiger partial charge in [-0.25, -0.2) is 4.79 Å². The maximum Gasteiger partial charge on any atom is 0.407 e. The average molecular weight is 738 g/mol. The number of carboxylic acids is 1. The summed E-state index contributed by atoms with van der Waals surface area (Å²) in [6.07, 6.45) is 0.679. The normalized spacial score (nSPS) is 17.6. The number of carboxylic acid groups (broad SMARTS) is 1. The van der Waals surface area contributed by atoms with Crippen LogP contribution in [0.2, 0.25) is 5.02 Å². The lowest BCUT2D eigenvalue weighted by atomic mass is 9.82. The molecule has 0 unspecified atom stereocenters. The second-order valence-electron chi connectivity index (χ2n) is 13.9. The summed E-state index contributed by atoms with van der Waals surface area (Å²) in [4.78, 5) is 55.0. The molecule has 11 heteroatoms. The standard InChI is InChI=1S/C42H44ClN3O7/c1-52-26-37(44-41(51)53-25-36-34-14-7-5-12-32(34)33-13-6-8-15-35(33)36)39(49)45-42(24-29-16-18-31(43)19-17-29)20-9-21-46(27-42)40(50)30(23-38(47)48)22-28-10-3-2-4-11-28/h2-8,10-19,30,36-37H,9,20-27H2,1H3,(H,44,51)(H,45,49)(H,47,48)/t30-,37+,42-/m1/s1. The molecule has 4 aromatic carbocycles. The molecule has 1 aliphatic carbocycles. The van der Waals surface area contributed by atoms with E-state index in [4.69, 9.17) is 21.1 Å². The number of carbonyl (C=O) groups is 4. The van der Waals surface area contributed by atoms with Gasteiger partial charge in [0.2, 0.25) is 11.8 Å². The topological polar surface area (TPSA) is 134 Å². The van der Waals surface area contributed by atoms with Gasteiger partial charge in [-0.15, -0.1) is 0 Å². The molecular weight excluding hydrogens is 694 g/mol. The van der Waals surface area contributed by atoms with Gasteiger partial charge >= 0.3 is 12.1 Å². The third kappa shape index (κ3) is 9.25. The zero-order valence-corrected chi connectivity index (χ0v) is 30.4. The van der Waals surface area contributed by atoms with Crippen molar-refractivity contribution in [2.24, 2.45) is 5.92 Å². The minimum atomic E-state index is -1.10. The maximum atomic E-state index is 14.1. The van der Waals surface area contributed by atoms with Crippen LogP contribution in [-0.2, 0) is 36.7 Å². The highest BCUT2D eigenvalue weighted by Crippen LogP contribution is 2.44. The number of aliphatic carboxylic acids is 1. The number of ether oxygens (including phenoxy) is 2. The van der Waals surface area contributed by atoms with Crippen LogP contribution in [0.4, 0.5) is 4.79 Å². The average Bonchev–Trinajstić information content (AvgIpc) is 3.48. The maximum absolute atomic E-state index is 14.1. The van der Waals surface area contributed by atoms with Crippen molar-refractivity contribution in [3.05, 3.63) is 130 Å². The van der Waals surface area contributed by atoms with Crippen LogP contribution in [-0.4, -0.2) is 78.9 Å². The first-order chi connectivity index (χ1) is 25.6. The molecule has 3 N–H and O–H groups in total. The number of piperidine rings is 1. The van der Waals surface area contributed by atoms with Gasteiger partial charge in [-0.3, -0.25) is 14.4 Å². The molecule has 276 valence electrons. The summed E-state index contributed by atoms with van der Waals surface area (Å²) in [5.41, 5.74) is 5.18. The smallest absolute Gasteiger partial charge is 0.407 e. The van der Waals surface area contributed by atoms with Crippen molar-refractivity contribution in [2.45, 2.75) is 49.6 Å². The fourth-order valence-electron chi connectivity index (χ4n) is 7.70. The van der Waals surface area contributed by atoms with Gasteiger partial charge in [0.1, 0.15) is 12.6 Å². The lowest BCUT2D eigenvalue weighted by Gasteiger charge is -2.45. The van der Waals surface area contributed by atoms with Crippen molar-refractivity contribution in [1.29, 1.82) is 0 Å². The number of amides is 3. The van der Waals surface area contributed by atoms with E-state index in [0.29, 0.717) is 30.8 Å².